The van der Waals surface area contributed by atoms with Crippen LogP contribution in [0, 0.1) is 11.6 Å². The van der Waals surface area contributed by atoms with Gasteiger partial charge in [-0.2, -0.15) is 0 Å². The summed E-state index contributed by atoms with van der Waals surface area (Å²) in [5.41, 5.74) is 1.35. The van der Waals surface area contributed by atoms with Crippen molar-refractivity contribution >= 4 is 56.1 Å². The Kier molecular flexibility index (Phi) is 12.0. The minimum absolute atomic E-state index is 0.0411. The Morgan fingerprint density at radius 3 is 2.31 bits per heavy atom. The highest BCUT2D eigenvalue weighted by Gasteiger charge is 2.30. The number of carbonyl (C=O) groups excluding carboxylic acids is 4. The first kappa shape index (κ1) is 42.4. The molecule has 1 atom stereocenters. The normalized spacial score (nSPS) is 18.0. The van der Waals surface area contributed by atoms with Gasteiger partial charge in [0, 0.05) is 79.7 Å². The number of rotatable bonds is 12. The quantitative estimate of drug-likeness (QED) is 0.113. The molecule has 62 heavy (non-hydrogen) atoms. The number of nitrogens with one attached hydrogen (secondary N) is 3. The van der Waals surface area contributed by atoms with Crippen molar-refractivity contribution in [3.63, 3.8) is 0 Å². The number of hydrogen-bond acceptors (Lipinski definition) is 11. The van der Waals surface area contributed by atoms with Gasteiger partial charge in [0.05, 0.1) is 23.0 Å². The molecule has 3 saturated heterocycles. The molecule has 0 bridgehead atoms. The number of piperidine rings is 2. The van der Waals surface area contributed by atoms with Crippen molar-refractivity contribution in [1.82, 2.24) is 30.1 Å². The first-order chi connectivity index (χ1) is 29.7. The first-order valence-corrected chi connectivity index (χ1v) is 22.1. The zero-order valence-electron chi connectivity index (χ0n) is 34.2. The number of hydrogen-bond donors (Lipinski definition) is 3. The second-order valence-corrected chi connectivity index (χ2v) is 18.3. The van der Waals surface area contributed by atoms with E-state index in [9.17, 15) is 32.0 Å². The molecule has 3 fully saturated rings. The summed E-state index contributed by atoms with van der Waals surface area (Å²) in [5.74, 6) is -2.33. The highest BCUT2D eigenvalue weighted by Crippen LogP contribution is 2.32. The predicted octanol–water partition coefficient (Wildman–Crippen LogP) is 5.00. The monoisotopic (exact) mass is 868 g/mol. The number of likely N-dealkylation sites (tertiary alicyclic amines) is 1. The summed E-state index contributed by atoms with van der Waals surface area (Å²) in [6, 6.07) is 15.0. The Balaban J connectivity index is 0.833. The number of carbonyl (C=O) groups is 4. The largest absolute Gasteiger partial charge is 0.481 e. The van der Waals surface area contributed by atoms with E-state index >= 15 is 4.39 Å². The predicted molar refractivity (Wildman–Crippen MR) is 227 cm³/mol. The third kappa shape index (κ3) is 9.02. The highest BCUT2D eigenvalue weighted by molar-refractivity contribution is 7.93. The Bertz CT molecular complexity index is 2620. The van der Waals surface area contributed by atoms with Crippen LogP contribution < -0.4 is 19.7 Å². The van der Waals surface area contributed by atoms with Gasteiger partial charge < -0.3 is 19.5 Å². The molecule has 0 radical (unpaired) electrons. The molecular formula is C44H46F2N8O7S. The van der Waals surface area contributed by atoms with E-state index in [2.05, 4.69) is 34.8 Å². The van der Waals surface area contributed by atoms with Crippen molar-refractivity contribution in [2.24, 2.45) is 0 Å². The maximum Gasteiger partial charge on any atom is 0.267 e. The topological polar surface area (TPSA) is 187 Å². The SMILES string of the molecule is CC(C)S(=O)(=O)Nc1ccc(F)c(C(=O)c2c[nH]c3ncc(-c4ccc(N5CCN(C(=O)CN6CCC(c7ccc(OC8CCC(=O)NC8=O)cc7)CC6)CC5)nc4)cc23)c1F. The molecule has 0 spiro atoms. The molecule has 3 aliphatic rings. The van der Waals surface area contributed by atoms with Gasteiger partial charge in [-0.05, 0) is 93.7 Å². The van der Waals surface area contributed by atoms with Gasteiger partial charge in [0.15, 0.2) is 11.9 Å². The zero-order valence-corrected chi connectivity index (χ0v) is 35.0. The van der Waals surface area contributed by atoms with Crippen molar-refractivity contribution in [1.29, 1.82) is 0 Å². The number of piperazine rings is 1. The van der Waals surface area contributed by atoms with E-state index in [1.165, 1.54) is 25.6 Å². The van der Waals surface area contributed by atoms with Gasteiger partial charge in [-0.3, -0.25) is 34.1 Å². The van der Waals surface area contributed by atoms with Crippen LogP contribution in [0.15, 0.2) is 73.2 Å². The maximum atomic E-state index is 15.5. The molecule has 2 aromatic carbocycles. The fraction of sp³-hybridized carbons (Fsp3) is 0.364. The molecule has 8 rings (SSSR count). The third-order valence-corrected chi connectivity index (χ3v) is 13.5. The number of H-pyrrole nitrogens is 1. The van der Waals surface area contributed by atoms with Gasteiger partial charge in [0.1, 0.15) is 23.0 Å². The minimum Gasteiger partial charge on any atom is -0.481 e. The average molecular weight is 869 g/mol. The second kappa shape index (κ2) is 17.6. The van der Waals surface area contributed by atoms with Crippen molar-refractivity contribution in [3.8, 4) is 16.9 Å². The van der Waals surface area contributed by atoms with Crippen LogP contribution in [0.3, 0.4) is 0 Å². The summed E-state index contributed by atoms with van der Waals surface area (Å²) in [6.45, 7) is 7.13. The van der Waals surface area contributed by atoms with E-state index < -0.39 is 56.0 Å². The molecule has 0 aliphatic carbocycles. The van der Waals surface area contributed by atoms with E-state index in [-0.39, 0.29) is 23.8 Å². The number of sulfonamides is 1. The Morgan fingerprint density at radius 1 is 0.903 bits per heavy atom. The van der Waals surface area contributed by atoms with Gasteiger partial charge in [-0.15, -0.1) is 0 Å². The second-order valence-electron chi connectivity index (χ2n) is 16.1. The standard InChI is InChI=1S/C44H46F2N8O7S/c1-26(2)62(59,60)51-35-9-8-34(45)40(41(35)46)42(57)33-24-49-43-32(33)21-30(23-48-43)29-5-11-37(47-22-29)53-17-19-54(20-18-53)39(56)25-52-15-13-28(14-16-52)27-3-6-31(7-4-27)61-36-10-12-38(55)50-44(36)58/h3-9,11,21-24,26,28,36,51H,10,12-20,25H2,1-2H3,(H,48,49)(H,50,55,58). The van der Waals surface area contributed by atoms with Gasteiger partial charge >= 0.3 is 0 Å². The number of benzene rings is 2. The highest BCUT2D eigenvalue weighted by atomic mass is 32.2. The Morgan fingerprint density at radius 2 is 1.63 bits per heavy atom. The molecular weight excluding hydrogens is 823 g/mol. The van der Waals surface area contributed by atoms with Crippen LogP contribution >= 0.6 is 0 Å². The summed E-state index contributed by atoms with van der Waals surface area (Å²) in [4.78, 5) is 68.6. The van der Waals surface area contributed by atoms with Gasteiger partial charge in [0.25, 0.3) is 5.91 Å². The van der Waals surface area contributed by atoms with E-state index in [0.29, 0.717) is 73.0 Å². The number of pyridine rings is 2. The lowest BCUT2D eigenvalue weighted by molar-refractivity contribution is -0.139. The molecule has 18 heteroatoms. The van der Waals surface area contributed by atoms with Crippen molar-refractivity contribution in [2.75, 3.05) is 55.4 Å². The number of fused-ring (bicyclic) bond motifs is 1. The van der Waals surface area contributed by atoms with Crippen molar-refractivity contribution in [2.45, 2.75) is 56.8 Å². The van der Waals surface area contributed by atoms with Gasteiger partial charge in [0.2, 0.25) is 27.6 Å². The third-order valence-electron chi connectivity index (χ3n) is 11.8. The smallest absolute Gasteiger partial charge is 0.267 e. The molecule has 15 nitrogen and oxygen atoms in total. The summed E-state index contributed by atoms with van der Waals surface area (Å²) in [6.07, 6.45) is 6.39. The number of nitrogens with zero attached hydrogens (tertiary/aromatic N) is 5. The van der Waals surface area contributed by atoms with Crippen LogP contribution in [0.4, 0.5) is 20.3 Å². The number of aromatic amines is 1. The van der Waals surface area contributed by atoms with Gasteiger partial charge in [-0.1, -0.05) is 12.1 Å². The lowest BCUT2D eigenvalue weighted by atomic mass is 9.89. The first-order valence-electron chi connectivity index (χ1n) is 20.6. The van der Waals surface area contributed by atoms with E-state index in [1.54, 1.807) is 18.5 Å². The molecule has 324 valence electrons. The minimum atomic E-state index is -3.97. The fourth-order valence-electron chi connectivity index (χ4n) is 8.01. The molecule has 3 aliphatic heterocycles. The number of anilines is 2. The summed E-state index contributed by atoms with van der Waals surface area (Å²) in [7, 11) is -3.97. The number of ether oxygens (including phenoxy) is 1. The summed E-state index contributed by atoms with van der Waals surface area (Å²) < 4.78 is 63.2. The Hall–Kier alpha value is -6.27. The molecule has 3 N–H and O–H groups in total. The van der Waals surface area contributed by atoms with E-state index in [0.717, 1.165) is 43.9 Å². The average Bonchev–Trinajstić information content (AvgIpc) is 3.70. The maximum absolute atomic E-state index is 15.5. The summed E-state index contributed by atoms with van der Waals surface area (Å²) >= 11 is 0. The fourth-order valence-corrected chi connectivity index (χ4v) is 8.71. The molecule has 3 aromatic heterocycles. The van der Waals surface area contributed by atoms with Crippen LogP contribution in [0.1, 0.15) is 66.9 Å². The van der Waals surface area contributed by atoms with Crippen LogP contribution in [-0.4, -0.2) is 114 Å². The van der Waals surface area contributed by atoms with E-state index in [4.69, 9.17) is 4.74 Å². The van der Waals surface area contributed by atoms with Gasteiger partial charge in [-0.25, -0.2) is 27.2 Å². The van der Waals surface area contributed by atoms with Crippen LogP contribution in [0.25, 0.3) is 22.2 Å². The van der Waals surface area contributed by atoms with Crippen LogP contribution in [0.2, 0.25) is 0 Å². The molecule has 0 saturated carbocycles. The molecule has 5 aromatic rings. The molecule has 3 amide bonds. The van der Waals surface area contributed by atoms with Crippen molar-refractivity contribution in [3.05, 3.63) is 102 Å². The van der Waals surface area contributed by atoms with Crippen LogP contribution in [0.5, 0.6) is 5.75 Å². The molecule has 6 heterocycles. The number of amides is 3. The number of aromatic nitrogens is 3. The van der Waals surface area contributed by atoms with E-state index in [1.807, 2.05) is 41.3 Å². The lowest BCUT2D eigenvalue weighted by Gasteiger charge is -2.37. The zero-order chi connectivity index (χ0) is 43.7. The molecule has 1 unspecified atom stereocenters. The van der Waals surface area contributed by atoms with Crippen LogP contribution in [-0.2, 0) is 24.4 Å². The Labute approximate surface area is 356 Å². The summed E-state index contributed by atoms with van der Waals surface area (Å²) in [5, 5.41) is 1.74. The number of ketones is 1. The number of imide groups is 1. The van der Waals surface area contributed by atoms with Crippen molar-refractivity contribution < 1.29 is 41.1 Å². The lowest BCUT2D eigenvalue weighted by Crippen LogP contribution is -2.52. The number of halogens is 2.